The fourth-order valence-corrected chi connectivity index (χ4v) is 2.03. The van der Waals surface area contributed by atoms with Gasteiger partial charge in [0.15, 0.2) is 0 Å². The first kappa shape index (κ1) is 11.4. The number of hydrogen-bond donors (Lipinski definition) is 1. The summed E-state index contributed by atoms with van der Waals surface area (Å²) in [6.45, 7) is 0.614. The van der Waals surface area contributed by atoms with E-state index in [1.54, 1.807) is 0 Å². The van der Waals surface area contributed by atoms with Gasteiger partial charge in [-0.15, -0.1) is 0 Å². The molecule has 0 unspecified atom stereocenters. The van der Waals surface area contributed by atoms with Gasteiger partial charge in [-0.1, -0.05) is 40.2 Å². The molecule has 3 heteroatoms. The smallest absolute Gasteiger partial charge is 0.224 e. The summed E-state index contributed by atoms with van der Waals surface area (Å²) in [4.78, 5) is 11.7. The quantitative estimate of drug-likeness (QED) is 0.847. The molecule has 1 aliphatic carbocycles. The third-order valence-corrected chi connectivity index (χ3v) is 3.29. The molecule has 2 rings (SSSR count). The van der Waals surface area contributed by atoms with Gasteiger partial charge in [0, 0.05) is 16.9 Å². The zero-order valence-electron chi connectivity index (χ0n) is 8.95. The molecule has 0 aromatic heterocycles. The lowest BCUT2D eigenvalue weighted by atomic mass is 10.1. The molecular weight excluding hydrogens is 266 g/mol. The largest absolute Gasteiger partial charge is 0.352 e. The summed E-state index contributed by atoms with van der Waals surface area (Å²) in [7, 11) is 0. The highest BCUT2D eigenvalue weighted by Crippen LogP contribution is 2.17. The van der Waals surface area contributed by atoms with Crippen LogP contribution >= 0.6 is 15.9 Å². The van der Waals surface area contributed by atoms with Gasteiger partial charge in [-0.2, -0.15) is 0 Å². The van der Waals surface area contributed by atoms with Crippen molar-refractivity contribution in [3.63, 3.8) is 0 Å². The van der Waals surface area contributed by atoms with Crippen LogP contribution in [0.15, 0.2) is 40.9 Å². The van der Waals surface area contributed by atoms with E-state index in [-0.39, 0.29) is 11.8 Å². The van der Waals surface area contributed by atoms with E-state index in [0.717, 1.165) is 22.9 Å². The van der Waals surface area contributed by atoms with E-state index in [1.165, 1.54) is 0 Å². The van der Waals surface area contributed by atoms with E-state index in [1.807, 2.05) is 24.3 Å². The molecule has 1 amide bonds. The average Bonchev–Trinajstić information content (AvgIpc) is 2.81. The monoisotopic (exact) mass is 279 g/mol. The molecule has 0 fully saturated rings. The van der Waals surface area contributed by atoms with Crippen molar-refractivity contribution in [1.82, 2.24) is 5.32 Å². The molecule has 0 aliphatic heterocycles. The lowest BCUT2D eigenvalue weighted by Crippen LogP contribution is -2.28. The van der Waals surface area contributed by atoms with Gasteiger partial charge in [0.2, 0.25) is 5.91 Å². The molecule has 1 aromatic carbocycles. The second-order valence-corrected chi connectivity index (χ2v) is 4.90. The van der Waals surface area contributed by atoms with Crippen LogP contribution in [0.4, 0.5) is 0 Å². The minimum Gasteiger partial charge on any atom is -0.352 e. The maximum absolute atomic E-state index is 11.7. The molecule has 0 spiro atoms. The minimum absolute atomic E-state index is 0.149. The molecular formula is C13H14BrNO. The van der Waals surface area contributed by atoms with Crippen molar-refractivity contribution < 1.29 is 4.79 Å². The fourth-order valence-electron chi connectivity index (χ4n) is 1.77. The number of hydrogen-bond acceptors (Lipinski definition) is 1. The zero-order chi connectivity index (χ0) is 11.4. The predicted molar refractivity (Wildman–Crippen MR) is 67.9 cm³/mol. The predicted octanol–water partition coefficient (Wildman–Crippen LogP) is 3.03. The van der Waals surface area contributed by atoms with Gasteiger partial charge in [0.1, 0.15) is 0 Å². The lowest BCUT2D eigenvalue weighted by molar-refractivity contribution is -0.124. The van der Waals surface area contributed by atoms with Crippen LogP contribution in [0, 0.1) is 5.92 Å². The Balaban J connectivity index is 1.82. The molecule has 0 atom stereocenters. The van der Waals surface area contributed by atoms with Gasteiger partial charge < -0.3 is 5.32 Å². The van der Waals surface area contributed by atoms with Gasteiger partial charge in [-0.25, -0.2) is 0 Å². The zero-order valence-corrected chi connectivity index (χ0v) is 10.5. The van der Waals surface area contributed by atoms with Crippen LogP contribution in [-0.4, -0.2) is 5.91 Å². The molecule has 84 valence electrons. The Hall–Kier alpha value is -1.09. The molecule has 16 heavy (non-hydrogen) atoms. The summed E-state index contributed by atoms with van der Waals surface area (Å²) in [6, 6.07) is 7.99. The van der Waals surface area contributed by atoms with Gasteiger partial charge in [-0.05, 0) is 30.5 Å². The first-order chi connectivity index (χ1) is 7.75. The summed E-state index contributed by atoms with van der Waals surface area (Å²) in [5.41, 5.74) is 1.13. The van der Waals surface area contributed by atoms with Crippen LogP contribution in [0.1, 0.15) is 18.4 Å². The Morgan fingerprint density at radius 1 is 1.25 bits per heavy atom. The van der Waals surface area contributed by atoms with Gasteiger partial charge in [-0.3, -0.25) is 4.79 Å². The number of amides is 1. The standard InChI is InChI=1S/C13H14BrNO/c14-12-7-5-10(6-8-12)9-15-13(16)11-3-1-2-4-11/h1-2,5-8,11H,3-4,9H2,(H,15,16). The van der Waals surface area contributed by atoms with Crippen LogP contribution in [0.2, 0.25) is 0 Å². The van der Waals surface area contributed by atoms with Gasteiger partial charge in [0.05, 0.1) is 0 Å². The SMILES string of the molecule is O=C(NCc1ccc(Br)cc1)C1CC=CC1. The normalized spacial score (nSPS) is 15.3. The van der Waals surface area contributed by atoms with E-state index >= 15 is 0 Å². The first-order valence-corrected chi connectivity index (χ1v) is 6.22. The Labute approximate surface area is 104 Å². The Kier molecular flexibility index (Phi) is 3.78. The molecule has 0 saturated heterocycles. The topological polar surface area (TPSA) is 29.1 Å². The number of rotatable bonds is 3. The Morgan fingerprint density at radius 2 is 1.88 bits per heavy atom. The van der Waals surface area contributed by atoms with Crippen LogP contribution in [-0.2, 0) is 11.3 Å². The summed E-state index contributed by atoms with van der Waals surface area (Å²) < 4.78 is 1.06. The van der Waals surface area contributed by atoms with Crippen LogP contribution < -0.4 is 5.32 Å². The molecule has 0 heterocycles. The summed E-state index contributed by atoms with van der Waals surface area (Å²) in [6.07, 6.45) is 5.91. The Morgan fingerprint density at radius 3 is 2.50 bits per heavy atom. The summed E-state index contributed by atoms with van der Waals surface area (Å²) >= 11 is 3.38. The first-order valence-electron chi connectivity index (χ1n) is 5.43. The lowest BCUT2D eigenvalue weighted by Gasteiger charge is -2.10. The molecule has 1 N–H and O–H groups in total. The minimum atomic E-state index is 0.149. The van der Waals surface area contributed by atoms with E-state index in [9.17, 15) is 4.79 Å². The molecule has 0 bridgehead atoms. The number of carbonyl (C=O) groups is 1. The number of halogens is 1. The summed E-state index contributed by atoms with van der Waals surface area (Å²) in [5.74, 6) is 0.309. The molecule has 0 radical (unpaired) electrons. The van der Waals surface area contributed by atoms with Gasteiger partial charge in [0.25, 0.3) is 0 Å². The van der Waals surface area contributed by atoms with E-state index in [2.05, 4.69) is 33.4 Å². The number of benzene rings is 1. The third kappa shape index (κ3) is 2.95. The number of allylic oxidation sites excluding steroid dienone is 2. The van der Waals surface area contributed by atoms with E-state index < -0.39 is 0 Å². The van der Waals surface area contributed by atoms with Gasteiger partial charge >= 0.3 is 0 Å². The number of nitrogens with one attached hydrogen (secondary N) is 1. The fraction of sp³-hybridized carbons (Fsp3) is 0.308. The highest BCUT2D eigenvalue weighted by molar-refractivity contribution is 9.10. The van der Waals surface area contributed by atoms with Crippen molar-refractivity contribution >= 4 is 21.8 Å². The van der Waals surface area contributed by atoms with Crippen molar-refractivity contribution in [3.8, 4) is 0 Å². The number of carbonyl (C=O) groups excluding carboxylic acids is 1. The second kappa shape index (κ2) is 5.30. The van der Waals surface area contributed by atoms with Crippen molar-refractivity contribution in [2.75, 3.05) is 0 Å². The molecule has 2 nitrogen and oxygen atoms in total. The molecule has 0 saturated carbocycles. The van der Waals surface area contributed by atoms with Crippen molar-refractivity contribution in [1.29, 1.82) is 0 Å². The maximum atomic E-state index is 11.7. The molecule has 1 aromatic rings. The van der Waals surface area contributed by atoms with Crippen LogP contribution in [0.3, 0.4) is 0 Å². The second-order valence-electron chi connectivity index (χ2n) is 3.98. The maximum Gasteiger partial charge on any atom is 0.224 e. The third-order valence-electron chi connectivity index (χ3n) is 2.76. The average molecular weight is 280 g/mol. The highest BCUT2D eigenvalue weighted by Gasteiger charge is 2.18. The Bertz CT molecular complexity index is 389. The van der Waals surface area contributed by atoms with Crippen LogP contribution in [0.5, 0.6) is 0 Å². The van der Waals surface area contributed by atoms with Crippen molar-refractivity contribution in [3.05, 3.63) is 46.5 Å². The van der Waals surface area contributed by atoms with Crippen molar-refractivity contribution in [2.45, 2.75) is 19.4 Å². The highest BCUT2D eigenvalue weighted by atomic mass is 79.9. The van der Waals surface area contributed by atoms with E-state index in [4.69, 9.17) is 0 Å². The van der Waals surface area contributed by atoms with E-state index in [0.29, 0.717) is 6.54 Å². The van der Waals surface area contributed by atoms with Crippen molar-refractivity contribution in [2.24, 2.45) is 5.92 Å². The van der Waals surface area contributed by atoms with Crippen LogP contribution in [0.25, 0.3) is 0 Å². The molecule has 1 aliphatic rings. The summed E-state index contributed by atoms with van der Waals surface area (Å²) in [5, 5.41) is 2.97.